The summed E-state index contributed by atoms with van der Waals surface area (Å²) in [6.45, 7) is 8.47. The van der Waals surface area contributed by atoms with Crippen molar-refractivity contribution in [2.75, 3.05) is 13.1 Å². The Kier molecular flexibility index (Phi) is 8.01. The second kappa shape index (κ2) is 11.2. The molecule has 1 aromatic heterocycles. The lowest BCUT2D eigenvalue weighted by atomic mass is 10.0. The lowest BCUT2D eigenvalue weighted by molar-refractivity contribution is 0.0976. The molecule has 4 rings (SSSR count). The molecule has 182 valence electrons. The average molecular weight is 466 g/mol. The minimum Gasteiger partial charge on any atom is -0.435 e. The van der Waals surface area contributed by atoms with E-state index in [2.05, 4.69) is 25.7 Å². The van der Waals surface area contributed by atoms with Crippen LogP contribution in [0, 0.1) is 11.7 Å². The first-order chi connectivity index (χ1) is 16.5. The number of hydrogen-bond acceptors (Lipinski definition) is 4. The third kappa shape index (κ3) is 6.05. The van der Waals surface area contributed by atoms with Crippen LogP contribution >= 0.6 is 0 Å². The maximum absolute atomic E-state index is 14.6. The van der Waals surface area contributed by atoms with Gasteiger partial charge in [-0.15, -0.1) is 0 Å². The molecule has 1 aliphatic rings. The van der Waals surface area contributed by atoms with Gasteiger partial charge in [0.05, 0.1) is 23.0 Å². The van der Waals surface area contributed by atoms with Crippen molar-refractivity contribution in [1.29, 1.82) is 0 Å². The third-order valence-electron chi connectivity index (χ3n) is 6.24. The molecular formula is C28H36FN3O2. The van der Waals surface area contributed by atoms with Crippen molar-refractivity contribution >= 4 is 0 Å². The van der Waals surface area contributed by atoms with Gasteiger partial charge in [-0.05, 0) is 55.4 Å². The maximum atomic E-state index is 14.6. The number of hydrogen-bond donors (Lipinski definition) is 1. The molecule has 0 amide bonds. The van der Waals surface area contributed by atoms with Crippen LogP contribution in [0.2, 0.25) is 0 Å². The first-order valence-corrected chi connectivity index (χ1v) is 12.5. The van der Waals surface area contributed by atoms with Gasteiger partial charge in [0.2, 0.25) is 5.88 Å². The van der Waals surface area contributed by atoms with Crippen LogP contribution in [-0.2, 0) is 6.54 Å². The Labute approximate surface area is 202 Å². The Balaban J connectivity index is 1.76. The maximum Gasteiger partial charge on any atom is 0.227 e. The van der Waals surface area contributed by atoms with Crippen molar-refractivity contribution in [3.63, 3.8) is 0 Å². The highest BCUT2D eigenvalue weighted by Crippen LogP contribution is 2.37. The Morgan fingerprint density at radius 2 is 1.82 bits per heavy atom. The first-order valence-electron chi connectivity index (χ1n) is 12.5. The zero-order valence-electron chi connectivity index (χ0n) is 20.5. The number of ether oxygens (including phenoxy) is 1. The van der Waals surface area contributed by atoms with E-state index in [-0.39, 0.29) is 17.8 Å². The molecule has 1 atom stereocenters. The lowest BCUT2D eigenvalue weighted by Crippen LogP contribution is -2.34. The summed E-state index contributed by atoms with van der Waals surface area (Å²) in [7, 11) is 0. The summed E-state index contributed by atoms with van der Waals surface area (Å²) in [4.78, 5) is 2.32. The van der Waals surface area contributed by atoms with Gasteiger partial charge in [-0.2, -0.15) is 5.10 Å². The summed E-state index contributed by atoms with van der Waals surface area (Å²) in [6, 6.07) is 16.3. The molecule has 1 fully saturated rings. The largest absolute Gasteiger partial charge is 0.435 e. The van der Waals surface area contributed by atoms with Crippen LogP contribution in [0.15, 0.2) is 54.6 Å². The molecule has 1 N–H and O–H groups in total. The van der Waals surface area contributed by atoms with Gasteiger partial charge in [0.15, 0.2) is 11.6 Å². The van der Waals surface area contributed by atoms with Crippen molar-refractivity contribution in [1.82, 2.24) is 14.7 Å². The summed E-state index contributed by atoms with van der Waals surface area (Å²) in [5.74, 6) is 1.14. The lowest BCUT2D eigenvalue weighted by Gasteiger charge is -2.26. The van der Waals surface area contributed by atoms with Crippen LogP contribution < -0.4 is 4.74 Å². The second-order valence-electron chi connectivity index (χ2n) is 9.68. The van der Waals surface area contributed by atoms with Gasteiger partial charge in [-0.3, -0.25) is 4.90 Å². The minimum absolute atomic E-state index is 0.159. The summed E-state index contributed by atoms with van der Waals surface area (Å²) in [6.07, 6.45) is 3.83. The molecule has 1 aliphatic carbocycles. The molecule has 5 nitrogen and oxygen atoms in total. The van der Waals surface area contributed by atoms with E-state index in [1.165, 1.54) is 18.9 Å². The van der Waals surface area contributed by atoms with Gasteiger partial charge in [0, 0.05) is 19.6 Å². The van der Waals surface area contributed by atoms with Gasteiger partial charge < -0.3 is 9.84 Å². The van der Waals surface area contributed by atoms with Crippen LogP contribution in [0.1, 0.15) is 63.6 Å². The Morgan fingerprint density at radius 1 is 1.12 bits per heavy atom. The van der Waals surface area contributed by atoms with E-state index in [9.17, 15) is 9.50 Å². The molecule has 0 unspecified atom stereocenters. The molecule has 3 aromatic rings. The first kappa shape index (κ1) is 24.4. The van der Waals surface area contributed by atoms with E-state index < -0.39 is 5.82 Å². The molecule has 0 saturated heterocycles. The number of aromatic nitrogens is 2. The van der Waals surface area contributed by atoms with E-state index >= 15 is 0 Å². The van der Waals surface area contributed by atoms with Gasteiger partial charge in [-0.1, -0.05) is 57.5 Å². The van der Waals surface area contributed by atoms with E-state index in [0.29, 0.717) is 24.9 Å². The Morgan fingerprint density at radius 3 is 2.47 bits per heavy atom. The van der Waals surface area contributed by atoms with Crippen molar-refractivity contribution < 1.29 is 14.2 Å². The third-order valence-corrected chi connectivity index (χ3v) is 6.24. The topological polar surface area (TPSA) is 50.5 Å². The summed E-state index contributed by atoms with van der Waals surface area (Å²) in [5, 5.41) is 15.5. The SMILES string of the molecule is CCC[C@H](O)CN(Cc1c(C(C)C)nn(-c2ccccc2)c1Oc1ccccc1F)CC1CC1. The van der Waals surface area contributed by atoms with Crippen molar-refractivity contribution in [3.8, 4) is 17.3 Å². The van der Waals surface area contributed by atoms with Crippen LogP contribution in [0.25, 0.3) is 5.69 Å². The van der Waals surface area contributed by atoms with Crippen molar-refractivity contribution in [3.05, 3.63) is 71.7 Å². The van der Waals surface area contributed by atoms with Crippen LogP contribution in [-0.4, -0.2) is 39.0 Å². The number of benzene rings is 2. The molecule has 2 aromatic carbocycles. The van der Waals surface area contributed by atoms with Crippen molar-refractivity contribution in [2.24, 2.45) is 5.92 Å². The molecule has 0 bridgehead atoms. The standard InChI is InChI=1S/C28H36FN3O2/c1-4-10-23(33)18-31(17-21-15-16-21)19-24-27(20(2)3)30-32(22-11-6-5-7-12-22)28(24)34-26-14-9-8-13-25(26)29/h5-9,11-14,20-21,23,33H,4,10,15-19H2,1-3H3/t23-/m0/s1. The zero-order valence-corrected chi connectivity index (χ0v) is 20.5. The van der Waals surface area contributed by atoms with E-state index in [4.69, 9.17) is 9.84 Å². The molecule has 0 radical (unpaired) electrons. The molecule has 0 aliphatic heterocycles. The molecule has 6 heteroatoms. The minimum atomic E-state index is -0.409. The highest BCUT2D eigenvalue weighted by atomic mass is 19.1. The summed E-state index contributed by atoms with van der Waals surface area (Å²) in [5.41, 5.74) is 2.74. The average Bonchev–Trinajstić information content (AvgIpc) is 3.56. The number of aliphatic hydroxyl groups excluding tert-OH is 1. The number of rotatable bonds is 12. The van der Waals surface area contributed by atoms with Crippen LogP contribution in [0.5, 0.6) is 11.6 Å². The molecule has 1 heterocycles. The molecule has 0 spiro atoms. The smallest absolute Gasteiger partial charge is 0.227 e. The highest BCUT2D eigenvalue weighted by Gasteiger charge is 2.29. The summed E-state index contributed by atoms with van der Waals surface area (Å²) < 4.78 is 22.7. The van der Waals surface area contributed by atoms with Crippen LogP contribution in [0.3, 0.4) is 0 Å². The molecular weight excluding hydrogens is 429 g/mol. The second-order valence-corrected chi connectivity index (χ2v) is 9.68. The fourth-order valence-electron chi connectivity index (χ4n) is 4.36. The number of halogens is 1. The van der Waals surface area contributed by atoms with E-state index in [0.717, 1.165) is 36.3 Å². The predicted octanol–water partition coefficient (Wildman–Crippen LogP) is 6.30. The summed E-state index contributed by atoms with van der Waals surface area (Å²) >= 11 is 0. The predicted molar refractivity (Wildman–Crippen MR) is 133 cm³/mol. The molecule has 34 heavy (non-hydrogen) atoms. The fraction of sp³-hybridized carbons (Fsp3) is 0.464. The zero-order chi connectivity index (χ0) is 24.1. The normalized spacial score (nSPS) is 14.7. The molecule has 1 saturated carbocycles. The van der Waals surface area contributed by atoms with Gasteiger partial charge >= 0.3 is 0 Å². The highest BCUT2D eigenvalue weighted by molar-refractivity contribution is 5.44. The number of aliphatic hydroxyl groups is 1. The Hall–Kier alpha value is -2.70. The fourth-order valence-corrected chi connectivity index (χ4v) is 4.36. The Bertz CT molecular complexity index is 1060. The van der Waals surface area contributed by atoms with Gasteiger partial charge in [0.1, 0.15) is 0 Å². The monoisotopic (exact) mass is 465 g/mol. The van der Waals surface area contributed by atoms with Crippen molar-refractivity contribution in [2.45, 2.75) is 65.0 Å². The quantitative estimate of drug-likeness (QED) is 0.341. The number of para-hydroxylation sites is 2. The van der Waals surface area contributed by atoms with Gasteiger partial charge in [0.25, 0.3) is 0 Å². The van der Waals surface area contributed by atoms with E-state index in [1.54, 1.807) is 22.9 Å². The van der Waals surface area contributed by atoms with E-state index in [1.807, 2.05) is 30.3 Å². The number of nitrogens with zero attached hydrogens (tertiary/aromatic N) is 3. The van der Waals surface area contributed by atoms with Crippen LogP contribution in [0.4, 0.5) is 4.39 Å². The van der Waals surface area contributed by atoms with Gasteiger partial charge in [-0.25, -0.2) is 9.07 Å².